The van der Waals surface area contributed by atoms with Gasteiger partial charge in [-0.25, -0.2) is 9.97 Å². The topological polar surface area (TPSA) is 60.3 Å². The van der Waals surface area contributed by atoms with Crippen molar-refractivity contribution in [3.8, 4) is 0 Å². The molecule has 6 nitrogen and oxygen atoms in total. The van der Waals surface area contributed by atoms with E-state index in [1.165, 1.54) is 12.8 Å². The van der Waals surface area contributed by atoms with Gasteiger partial charge in [-0.05, 0) is 18.9 Å². The molecule has 0 atom stereocenters. The lowest BCUT2D eigenvalue weighted by molar-refractivity contribution is 0.122. The van der Waals surface area contributed by atoms with Crippen molar-refractivity contribution in [3.63, 3.8) is 0 Å². The Balaban J connectivity index is 1.72. The Kier molecular flexibility index (Phi) is 3.54. The fourth-order valence-electron chi connectivity index (χ4n) is 3.42. The van der Waals surface area contributed by atoms with Gasteiger partial charge < -0.3 is 14.2 Å². The number of hydrogen-bond donors (Lipinski definition) is 0. The summed E-state index contributed by atoms with van der Waals surface area (Å²) in [6.45, 7) is 2.99. The van der Waals surface area contributed by atoms with Gasteiger partial charge in [0, 0.05) is 31.5 Å². The molecule has 0 radical (unpaired) electrons. The van der Waals surface area contributed by atoms with E-state index in [4.69, 9.17) is 4.74 Å². The molecule has 2 aliphatic rings. The molecule has 22 heavy (non-hydrogen) atoms. The second-order valence-corrected chi connectivity index (χ2v) is 6.03. The van der Waals surface area contributed by atoms with Crippen LogP contribution in [0, 0.1) is 0 Å². The van der Waals surface area contributed by atoms with Crippen molar-refractivity contribution >= 4 is 16.9 Å². The number of nitrogens with zero attached hydrogens (tertiary/aromatic N) is 4. The van der Waals surface area contributed by atoms with E-state index < -0.39 is 0 Å². The van der Waals surface area contributed by atoms with Crippen molar-refractivity contribution in [2.24, 2.45) is 0 Å². The summed E-state index contributed by atoms with van der Waals surface area (Å²) in [6.07, 6.45) is 8.19. The lowest BCUT2D eigenvalue weighted by atomic mass is 10.2. The van der Waals surface area contributed by atoms with Crippen LogP contribution in [0.1, 0.15) is 31.7 Å². The Morgan fingerprint density at radius 1 is 1.18 bits per heavy atom. The smallest absolute Gasteiger partial charge is 0.261 e. The van der Waals surface area contributed by atoms with Crippen molar-refractivity contribution in [1.82, 2.24) is 14.5 Å². The molecule has 2 aromatic heterocycles. The minimum absolute atomic E-state index is 0.0397. The molecule has 2 fully saturated rings. The van der Waals surface area contributed by atoms with Crippen molar-refractivity contribution in [2.75, 3.05) is 31.2 Å². The Morgan fingerprint density at radius 2 is 1.95 bits per heavy atom. The first-order chi connectivity index (χ1) is 10.8. The third kappa shape index (κ3) is 2.37. The van der Waals surface area contributed by atoms with E-state index in [9.17, 15) is 4.79 Å². The fourth-order valence-corrected chi connectivity index (χ4v) is 3.42. The first-order valence-electron chi connectivity index (χ1n) is 8.03. The first kappa shape index (κ1) is 13.7. The molecule has 6 heteroatoms. The zero-order valence-electron chi connectivity index (χ0n) is 12.6. The quantitative estimate of drug-likeness (QED) is 0.845. The molecule has 116 valence electrons. The number of ether oxygens (including phenoxy) is 1. The number of pyridine rings is 1. The maximum atomic E-state index is 12.7. The van der Waals surface area contributed by atoms with Crippen LogP contribution in [0.3, 0.4) is 0 Å². The van der Waals surface area contributed by atoms with Crippen molar-refractivity contribution in [3.05, 3.63) is 28.8 Å². The highest BCUT2D eigenvalue weighted by Crippen LogP contribution is 2.28. The molecule has 4 rings (SSSR count). The van der Waals surface area contributed by atoms with E-state index in [0.717, 1.165) is 31.4 Å². The lowest BCUT2D eigenvalue weighted by Crippen LogP contribution is -2.37. The Morgan fingerprint density at radius 3 is 2.73 bits per heavy atom. The molecular weight excluding hydrogens is 280 g/mol. The van der Waals surface area contributed by atoms with Crippen molar-refractivity contribution in [1.29, 1.82) is 0 Å². The van der Waals surface area contributed by atoms with Crippen molar-refractivity contribution < 1.29 is 4.74 Å². The van der Waals surface area contributed by atoms with Crippen LogP contribution in [0.4, 0.5) is 5.95 Å². The average Bonchev–Trinajstić information content (AvgIpc) is 3.10. The summed E-state index contributed by atoms with van der Waals surface area (Å²) in [5, 5.41) is 0.617. The third-order valence-electron chi connectivity index (χ3n) is 4.68. The molecule has 1 aliphatic carbocycles. The van der Waals surface area contributed by atoms with Crippen LogP contribution >= 0.6 is 0 Å². The summed E-state index contributed by atoms with van der Waals surface area (Å²) in [7, 11) is 0. The Hall–Kier alpha value is -1.95. The van der Waals surface area contributed by atoms with Crippen LogP contribution in [0.25, 0.3) is 10.9 Å². The van der Waals surface area contributed by atoms with Crippen molar-refractivity contribution in [2.45, 2.75) is 31.7 Å². The number of aromatic nitrogens is 3. The third-order valence-corrected chi connectivity index (χ3v) is 4.68. The molecule has 1 saturated heterocycles. The maximum Gasteiger partial charge on any atom is 0.261 e. The zero-order chi connectivity index (χ0) is 14.9. The lowest BCUT2D eigenvalue weighted by Gasteiger charge is -2.26. The monoisotopic (exact) mass is 300 g/mol. The van der Waals surface area contributed by atoms with Crippen LogP contribution < -0.4 is 10.5 Å². The van der Waals surface area contributed by atoms with E-state index in [1.54, 1.807) is 6.20 Å². The molecule has 1 aliphatic heterocycles. The summed E-state index contributed by atoms with van der Waals surface area (Å²) in [6, 6.07) is 2.29. The molecule has 3 heterocycles. The van der Waals surface area contributed by atoms with E-state index in [-0.39, 0.29) is 5.56 Å². The van der Waals surface area contributed by atoms with Crippen LogP contribution in [0.5, 0.6) is 0 Å². The van der Waals surface area contributed by atoms with Gasteiger partial charge in [0.05, 0.1) is 24.1 Å². The molecule has 0 bridgehead atoms. The average molecular weight is 300 g/mol. The van der Waals surface area contributed by atoms with Gasteiger partial charge in [-0.1, -0.05) is 12.8 Å². The predicted octanol–water partition coefficient (Wildman–Crippen LogP) is 1.74. The van der Waals surface area contributed by atoms with Gasteiger partial charge in [-0.3, -0.25) is 4.79 Å². The van der Waals surface area contributed by atoms with Crippen LogP contribution in [-0.2, 0) is 4.74 Å². The molecule has 0 N–H and O–H groups in total. The molecular formula is C16H20N4O2. The summed E-state index contributed by atoms with van der Waals surface area (Å²) in [5.41, 5.74) is 0.772. The SMILES string of the molecule is O=c1c2cnc(N3CCOCC3)nc2ccn1C1CCCC1. The van der Waals surface area contributed by atoms with Crippen LogP contribution in [0.2, 0.25) is 0 Å². The molecule has 2 aromatic rings. The summed E-state index contributed by atoms with van der Waals surface area (Å²) in [5.74, 6) is 0.689. The highest BCUT2D eigenvalue weighted by atomic mass is 16.5. The number of morpholine rings is 1. The highest BCUT2D eigenvalue weighted by molar-refractivity contribution is 5.77. The summed E-state index contributed by atoms with van der Waals surface area (Å²) >= 11 is 0. The van der Waals surface area contributed by atoms with Crippen LogP contribution in [0.15, 0.2) is 23.3 Å². The number of anilines is 1. The number of rotatable bonds is 2. The Labute approximate surface area is 128 Å². The largest absolute Gasteiger partial charge is 0.378 e. The van der Waals surface area contributed by atoms with E-state index >= 15 is 0 Å². The summed E-state index contributed by atoms with van der Waals surface area (Å²) in [4.78, 5) is 23.7. The highest BCUT2D eigenvalue weighted by Gasteiger charge is 2.20. The minimum atomic E-state index is 0.0397. The number of hydrogen-bond acceptors (Lipinski definition) is 5. The Bertz CT molecular complexity index is 730. The van der Waals surface area contributed by atoms with Gasteiger partial charge in [0.2, 0.25) is 5.95 Å². The first-order valence-corrected chi connectivity index (χ1v) is 8.03. The fraction of sp³-hybridized carbons (Fsp3) is 0.562. The molecule has 0 unspecified atom stereocenters. The van der Waals surface area contributed by atoms with Gasteiger partial charge >= 0.3 is 0 Å². The maximum absolute atomic E-state index is 12.7. The normalized spacial score (nSPS) is 19.9. The summed E-state index contributed by atoms with van der Waals surface area (Å²) < 4.78 is 7.22. The zero-order valence-corrected chi connectivity index (χ0v) is 12.6. The molecule has 1 saturated carbocycles. The predicted molar refractivity (Wildman–Crippen MR) is 84.3 cm³/mol. The van der Waals surface area contributed by atoms with E-state index in [0.29, 0.717) is 30.6 Å². The molecule has 0 aromatic carbocycles. The van der Waals surface area contributed by atoms with Gasteiger partial charge in [0.1, 0.15) is 0 Å². The molecule has 0 spiro atoms. The minimum Gasteiger partial charge on any atom is -0.378 e. The second-order valence-electron chi connectivity index (χ2n) is 6.03. The second kappa shape index (κ2) is 5.68. The van der Waals surface area contributed by atoms with Gasteiger partial charge in [0.25, 0.3) is 5.56 Å². The standard InChI is InChI=1S/C16H20N4O2/c21-15-13-11-17-16(19-7-9-22-10-8-19)18-14(13)5-6-20(15)12-3-1-2-4-12/h5-6,11-12H,1-4,7-10H2. The van der Waals surface area contributed by atoms with Gasteiger partial charge in [-0.2, -0.15) is 0 Å². The number of fused-ring (bicyclic) bond motifs is 1. The van der Waals surface area contributed by atoms with Gasteiger partial charge in [0.15, 0.2) is 0 Å². The van der Waals surface area contributed by atoms with Crippen LogP contribution in [-0.4, -0.2) is 40.8 Å². The van der Waals surface area contributed by atoms with Gasteiger partial charge in [-0.15, -0.1) is 0 Å². The molecule has 0 amide bonds. The van der Waals surface area contributed by atoms with E-state index in [1.807, 2.05) is 16.8 Å². The van der Waals surface area contributed by atoms with E-state index in [2.05, 4.69) is 14.9 Å².